The number of amides is 1. The number of carbonyl (C=O) groups excluding carboxylic acids is 1. The summed E-state index contributed by atoms with van der Waals surface area (Å²) in [4.78, 5) is 18.0. The predicted molar refractivity (Wildman–Crippen MR) is 87.2 cm³/mol. The zero-order valence-electron chi connectivity index (χ0n) is 13.1. The standard InChI is InChI=1S/C16H14ClN5O3/c17-11-4-13(7-18-6-11)24-10-14-5-15(20-25-14)16(23)21-8-12(9-21)22-3-1-2-19-22/h1-7,12H,8-10H2. The van der Waals surface area contributed by atoms with Crippen LogP contribution in [0.1, 0.15) is 22.3 Å². The van der Waals surface area contributed by atoms with Crippen molar-refractivity contribution in [1.29, 1.82) is 0 Å². The number of rotatable bonds is 5. The summed E-state index contributed by atoms with van der Waals surface area (Å²) in [5.41, 5.74) is 0.265. The fourth-order valence-corrected chi connectivity index (χ4v) is 2.72. The van der Waals surface area contributed by atoms with Crippen molar-refractivity contribution in [2.24, 2.45) is 0 Å². The summed E-state index contributed by atoms with van der Waals surface area (Å²) in [7, 11) is 0. The van der Waals surface area contributed by atoms with E-state index in [0.29, 0.717) is 29.6 Å². The van der Waals surface area contributed by atoms with Crippen molar-refractivity contribution in [3.8, 4) is 5.75 Å². The summed E-state index contributed by atoms with van der Waals surface area (Å²) in [6.45, 7) is 1.35. The minimum Gasteiger partial charge on any atom is -0.484 e. The molecule has 1 aliphatic rings. The minimum atomic E-state index is -0.164. The molecule has 4 heterocycles. The lowest BCUT2D eigenvalue weighted by atomic mass is 10.1. The van der Waals surface area contributed by atoms with Crippen molar-refractivity contribution in [2.75, 3.05) is 13.1 Å². The van der Waals surface area contributed by atoms with Gasteiger partial charge in [-0.2, -0.15) is 5.10 Å². The molecule has 1 saturated heterocycles. The number of carbonyl (C=O) groups is 1. The molecule has 0 atom stereocenters. The average molecular weight is 360 g/mol. The Morgan fingerprint density at radius 2 is 2.24 bits per heavy atom. The van der Waals surface area contributed by atoms with Crippen LogP contribution in [0.15, 0.2) is 47.5 Å². The van der Waals surface area contributed by atoms with Gasteiger partial charge in [-0.25, -0.2) is 0 Å². The van der Waals surface area contributed by atoms with Crippen molar-refractivity contribution in [1.82, 2.24) is 24.8 Å². The molecule has 1 aliphatic heterocycles. The fraction of sp³-hybridized carbons (Fsp3) is 0.250. The van der Waals surface area contributed by atoms with Gasteiger partial charge < -0.3 is 14.2 Å². The highest BCUT2D eigenvalue weighted by atomic mass is 35.5. The van der Waals surface area contributed by atoms with Crippen LogP contribution >= 0.6 is 11.6 Å². The molecule has 1 amide bonds. The van der Waals surface area contributed by atoms with Crippen molar-refractivity contribution in [3.05, 3.63) is 59.5 Å². The van der Waals surface area contributed by atoms with Crippen LogP contribution in [0.2, 0.25) is 5.02 Å². The highest BCUT2D eigenvalue weighted by Crippen LogP contribution is 2.23. The van der Waals surface area contributed by atoms with Crippen molar-refractivity contribution >= 4 is 17.5 Å². The number of pyridine rings is 1. The molecule has 25 heavy (non-hydrogen) atoms. The normalized spacial score (nSPS) is 14.4. The highest BCUT2D eigenvalue weighted by molar-refractivity contribution is 6.30. The van der Waals surface area contributed by atoms with E-state index in [2.05, 4.69) is 15.2 Å². The Morgan fingerprint density at radius 3 is 3.00 bits per heavy atom. The summed E-state index contributed by atoms with van der Waals surface area (Å²) >= 11 is 5.84. The predicted octanol–water partition coefficient (Wildman–Crippen LogP) is 2.20. The number of ether oxygens (including phenoxy) is 1. The van der Waals surface area contributed by atoms with Crippen molar-refractivity contribution < 1.29 is 14.1 Å². The van der Waals surface area contributed by atoms with Crippen LogP contribution in [0.5, 0.6) is 5.75 Å². The van der Waals surface area contributed by atoms with Crippen LogP contribution in [-0.4, -0.2) is 43.8 Å². The number of likely N-dealkylation sites (tertiary alicyclic amines) is 1. The fourth-order valence-electron chi connectivity index (χ4n) is 2.55. The molecule has 4 rings (SSSR count). The zero-order valence-corrected chi connectivity index (χ0v) is 13.8. The molecule has 0 N–H and O–H groups in total. The molecule has 3 aromatic heterocycles. The Morgan fingerprint density at radius 1 is 1.36 bits per heavy atom. The molecule has 9 heteroatoms. The van der Waals surface area contributed by atoms with E-state index in [4.69, 9.17) is 20.9 Å². The molecule has 0 bridgehead atoms. The van der Waals surface area contributed by atoms with Gasteiger partial charge in [0.05, 0.1) is 17.3 Å². The van der Waals surface area contributed by atoms with Crippen LogP contribution < -0.4 is 4.74 Å². The van der Waals surface area contributed by atoms with Crippen LogP contribution in [0.3, 0.4) is 0 Å². The van der Waals surface area contributed by atoms with Gasteiger partial charge in [-0.05, 0) is 6.07 Å². The summed E-state index contributed by atoms with van der Waals surface area (Å²) in [5.74, 6) is 0.803. The summed E-state index contributed by atoms with van der Waals surface area (Å²) in [6, 6.07) is 5.31. The van der Waals surface area contributed by atoms with E-state index in [1.165, 1.54) is 6.20 Å². The maximum absolute atomic E-state index is 12.4. The maximum atomic E-state index is 12.4. The Kier molecular flexibility index (Phi) is 4.10. The van der Waals surface area contributed by atoms with E-state index < -0.39 is 0 Å². The third-order valence-corrected chi connectivity index (χ3v) is 4.09. The van der Waals surface area contributed by atoms with Gasteiger partial charge in [0.25, 0.3) is 5.91 Å². The Labute approximate surface area is 147 Å². The van der Waals surface area contributed by atoms with Gasteiger partial charge in [-0.3, -0.25) is 14.5 Å². The van der Waals surface area contributed by atoms with Gasteiger partial charge in [0.1, 0.15) is 12.4 Å². The molecule has 0 aliphatic carbocycles. The molecule has 0 radical (unpaired) electrons. The van der Waals surface area contributed by atoms with Gasteiger partial charge in [-0.1, -0.05) is 16.8 Å². The van der Waals surface area contributed by atoms with E-state index in [1.54, 1.807) is 29.4 Å². The largest absolute Gasteiger partial charge is 0.484 e. The van der Waals surface area contributed by atoms with Gasteiger partial charge in [-0.15, -0.1) is 0 Å². The van der Waals surface area contributed by atoms with Gasteiger partial charge in [0, 0.05) is 43.8 Å². The van der Waals surface area contributed by atoms with E-state index in [0.717, 1.165) is 0 Å². The Balaban J connectivity index is 1.33. The van der Waals surface area contributed by atoms with Crippen LogP contribution in [0.4, 0.5) is 0 Å². The average Bonchev–Trinajstić information content (AvgIpc) is 3.23. The van der Waals surface area contributed by atoms with Crippen LogP contribution in [0, 0.1) is 0 Å². The first-order valence-electron chi connectivity index (χ1n) is 7.66. The molecular weight excluding hydrogens is 346 g/mol. The molecule has 0 saturated carbocycles. The summed E-state index contributed by atoms with van der Waals surface area (Å²) in [5, 5.41) is 8.49. The first-order chi connectivity index (χ1) is 12.2. The molecule has 128 valence electrons. The van der Waals surface area contributed by atoms with Crippen LogP contribution in [0.25, 0.3) is 0 Å². The smallest absolute Gasteiger partial charge is 0.276 e. The second kappa shape index (κ2) is 6.56. The van der Waals surface area contributed by atoms with E-state index >= 15 is 0 Å². The quantitative estimate of drug-likeness (QED) is 0.694. The van der Waals surface area contributed by atoms with E-state index in [-0.39, 0.29) is 24.2 Å². The zero-order chi connectivity index (χ0) is 17.2. The second-order valence-electron chi connectivity index (χ2n) is 5.66. The minimum absolute atomic E-state index is 0.137. The molecule has 0 spiro atoms. The topological polar surface area (TPSA) is 86.3 Å². The van der Waals surface area contributed by atoms with Gasteiger partial charge in [0.2, 0.25) is 0 Å². The van der Waals surface area contributed by atoms with E-state index in [9.17, 15) is 4.79 Å². The van der Waals surface area contributed by atoms with Crippen LogP contribution in [-0.2, 0) is 6.61 Å². The lowest BCUT2D eigenvalue weighted by Gasteiger charge is -2.38. The highest BCUT2D eigenvalue weighted by Gasteiger charge is 2.34. The molecular formula is C16H14ClN5O3. The van der Waals surface area contributed by atoms with Gasteiger partial charge >= 0.3 is 0 Å². The third kappa shape index (κ3) is 3.34. The molecule has 0 aromatic carbocycles. The first-order valence-corrected chi connectivity index (χ1v) is 8.04. The molecule has 0 unspecified atom stereocenters. The summed E-state index contributed by atoms with van der Waals surface area (Å²) in [6.07, 6.45) is 6.68. The van der Waals surface area contributed by atoms with Gasteiger partial charge in [0.15, 0.2) is 11.5 Å². The van der Waals surface area contributed by atoms with E-state index in [1.807, 2.05) is 16.9 Å². The van der Waals surface area contributed by atoms with Crippen molar-refractivity contribution in [3.63, 3.8) is 0 Å². The number of hydrogen-bond donors (Lipinski definition) is 0. The first kappa shape index (κ1) is 15.6. The van der Waals surface area contributed by atoms with Crippen molar-refractivity contribution in [2.45, 2.75) is 12.6 Å². The summed E-state index contributed by atoms with van der Waals surface area (Å²) < 4.78 is 12.5. The molecule has 8 nitrogen and oxygen atoms in total. The molecule has 3 aromatic rings. The number of nitrogens with zero attached hydrogens (tertiary/aromatic N) is 5. The number of hydrogen-bond acceptors (Lipinski definition) is 6. The second-order valence-corrected chi connectivity index (χ2v) is 6.09. The SMILES string of the molecule is O=C(c1cc(COc2cncc(Cl)c2)on1)N1CC(n2cccn2)C1. The maximum Gasteiger partial charge on any atom is 0.276 e. The Hall–Kier alpha value is -2.87. The molecule has 1 fully saturated rings. The monoisotopic (exact) mass is 359 g/mol. The number of halogens is 1. The third-order valence-electron chi connectivity index (χ3n) is 3.89. The number of aromatic nitrogens is 4. The lowest BCUT2D eigenvalue weighted by Crippen LogP contribution is -2.50. The Bertz CT molecular complexity index is 874. The lowest BCUT2D eigenvalue weighted by molar-refractivity contribution is 0.0491.